The number of carbonyl (C=O) groups is 1. The number of amides is 1. The van der Waals surface area contributed by atoms with E-state index in [1.165, 1.54) is 23.5 Å². The lowest BCUT2D eigenvalue weighted by atomic mass is 9.98. The maximum absolute atomic E-state index is 13.4. The molecule has 33 heavy (non-hydrogen) atoms. The first kappa shape index (κ1) is 21.3. The first-order valence-corrected chi connectivity index (χ1v) is 11.8. The lowest BCUT2D eigenvalue weighted by Gasteiger charge is -2.31. The second-order valence-electron chi connectivity index (χ2n) is 7.98. The van der Waals surface area contributed by atoms with E-state index in [9.17, 15) is 9.18 Å². The highest BCUT2D eigenvalue weighted by molar-refractivity contribution is 7.13. The summed E-state index contributed by atoms with van der Waals surface area (Å²) < 4.78 is 20.9. The number of piperidine rings is 1. The van der Waals surface area contributed by atoms with E-state index in [1.807, 2.05) is 52.7 Å². The second-order valence-corrected chi connectivity index (χ2v) is 8.93. The molecule has 1 aliphatic rings. The molecule has 4 aromatic rings. The lowest BCUT2D eigenvalue weighted by molar-refractivity contribution is 0.0649. The number of carbonyl (C=O) groups excluding carboxylic acids is 1. The van der Waals surface area contributed by atoms with Crippen LogP contribution in [0.4, 0.5) is 4.39 Å². The van der Waals surface area contributed by atoms with E-state index in [0.717, 1.165) is 23.5 Å². The fourth-order valence-electron chi connectivity index (χ4n) is 3.91. The van der Waals surface area contributed by atoms with Gasteiger partial charge in [0.05, 0.1) is 17.2 Å². The third kappa shape index (κ3) is 4.80. The molecule has 2 aromatic carbocycles. The monoisotopic (exact) mass is 462 g/mol. The Morgan fingerprint density at radius 3 is 2.48 bits per heavy atom. The number of halogens is 1. The van der Waals surface area contributed by atoms with Crippen LogP contribution in [-0.2, 0) is 0 Å². The van der Waals surface area contributed by atoms with Gasteiger partial charge in [-0.25, -0.2) is 14.1 Å². The number of thiophene rings is 1. The number of aromatic nitrogens is 3. The molecule has 0 radical (unpaired) electrons. The van der Waals surface area contributed by atoms with Crippen LogP contribution in [0.15, 0.2) is 72.1 Å². The van der Waals surface area contributed by atoms with Crippen molar-refractivity contribution in [1.82, 2.24) is 19.7 Å². The summed E-state index contributed by atoms with van der Waals surface area (Å²) in [6, 6.07) is 19.7. The van der Waals surface area contributed by atoms with Crippen LogP contribution < -0.4 is 4.74 Å². The van der Waals surface area contributed by atoms with Crippen LogP contribution in [0.3, 0.4) is 0 Å². The van der Waals surface area contributed by atoms with Gasteiger partial charge in [-0.15, -0.1) is 16.4 Å². The molecule has 5 rings (SSSR count). The average molecular weight is 463 g/mol. The molecule has 8 heteroatoms. The van der Waals surface area contributed by atoms with Gasteiger partial charge >= 0.3 is 0 Å². The van der Waals surface area contributed by atoms with Crippen molar-refractivity contribution in [2.75, 3.05) is 19.7 Å². The maximum Gasteiger partial charge on any atom is 0.293 e. The summed E-state index contributed by atoms with van der Waals surface area (Å²) in [4.78, 5) is 20.5. The summed E-state index contributed by atoms with van der Waals surface area (Å²) in [5.74, 6) is 1.49. The van der Waals surface area contributed by atoms with E-state index in [2.05, 4.69) is 10.1 Å². The lowest BCUT2D eigenvalue weighted by Crippen LogP contribution is -2.40. The Bertz CT molecular complexity index is 1200. The van der Waals surface area contributed by atoms with Gasteiger partial charge in [0.15, 0.2) is 5.82 Å². The van der Waals surface area contributed by atoms with E-state index in [1.54, 1.807) is 16.8 Å². The number of rotatable bonds is 6. The maximum atomic E-state index is 13.4. The van der Waals surface area contributed by atoms with Crippen LogP contribution in [0.1, 0.15) is 23.5 Å². The topological polar surface area (TPSA) is 60.2 Å². The van der Waals surface area contributed by atoms with Crippen LogP contribution >= 0.6 is 11.3 Å². The van der Waals surface area contributed by atoms with E-state index < -0.39 is 0 Å². The first-order valence-electron chi connectivity index (χ1n) is 10.9. The Hall–Kier alpha value is -3.52. The molecule has 1 amide bonds. The zero-order valence-corrected chi connectivity index (χ0v) is 18.7. The van der Waals surface area contributed by atoms with Crippen LogP contribution in [-0.4, -0.2) is 45.3 Å². The molecule has 0 saturated carbocycles. The molecule has 1 saturated heterocycles. The van der Waals surface area contributed by atoms with Gasteiger partial charge in [0, 0.05) is 13.1 Å². The molecular weight excluding hydrogens is 439 g/mol. The average Bonchev–Trinajstić information content (AvgIpc) is 3.54. The number of hydrogen-bond donors (Lipinski definition) is 0. The standard InChI is InChI=1S/C25H23FN4O2S/c26-19-8-10-20(11-9-19)30-24(22-7-4-16-33-22)27-23(28-30)25(31)29-14-12-18(13-15-29)17-32-21-5-2-1-3-6-21/h1-11,16,18H,12-15,17H2. The fourth-order valence-corrected chi connectivity index (χ4v) is 4.60. The summed E-state index contributed by atoms with van der Waals surface area (Å²) >= 11 is 1.52. The molecule has 0 spiro atoms. The van der Waals surface area contributed by atoms with Gasteiger partial charge in [-0.3, -0.25) is 4.79 Å². The van der Waals surface area contributed by atoms with Crippen LogP contribution in [0, 0.1) is 11.7 Å². The van der Waals surface area contributed by atoms with E-state index in [-0.39, 0.29) is 17.5 Å². The summed E-state index contributed by atoms with van der Waals surface area (Å²) in [6.45, 7) is 1.92. The molecular formula is C25H23FN4O2S. The number of likely N-dealkylation sites (tertiary alicyclic amines) is 1. The van der Waals surface area contributed by atoms with Crippen LogP contribution in [0.5, 0.6) is 5.75 Å². The number of benzene rings is 2. The fraction of sp³-hybridized carbons (Fsp3) is 0.240. The van der Waals surface area contributed by atoms with Crippen LogP contribution in [0.25, 0.3) is 16.4 Å². The largest absolute Gasteiger partial charge is 0.493 e. The zero-order chi connectivity index (χ0) is 22.6. The highest BCUT2D eigenvalue weighted by Gasteiger charge is 2.28. The van der Waals surface area contributed by atoms with E-state index >= 15 is 0 Å². The highest BCUT2D eigenvalue weighted by Crippen LogP contribution is 2.27. The Morgan fingerprint density at radius 2 is 1.79 bits per heavy atom. The van der Waals surface area contributed by atoms with E-state index in [4.69, 9.17) is 4.74 Å². The second kappa shape index (κ2) is 9.54. The van der Waals surface area contributed by atoms with Gasteiger partial charge in [-0.2, -0.15) is 0 Å². The van der Waals surface area contributed by atoms with Crippen molar-refractivity contribution >= 4 is 17.2 Å². The molecule has 1 fully saturated rings. The molecule has 168 valence electrons. The Labute approximate surface area is 195 Å². The number of hydrogen-bond acceptors (Lipinski definition) is 5. The zero-order valence-electron chi connectivity index (χ0n) is 17.9. The molecule has 6 nitrogen and oxygen atoms in total. The normalized spacial score (nSPS) is 14.4. The molecule has 0 aliphatic carbocycles. The summed E-state index contributed by atoms with van der Waals surface area (Å²) in [7, 11) is 0. The molecule has 0 N–H and O–H groups in total. The summed E-state index contributed by atoms with van der Waals surface area (Å²) in [5, 5.41) is 6.46. The van der Waals surface area contributed by atoms with Crippen molar-refractivity contribution in [3.8, 4) is 22.1 Å². The number of ether oxygens (including phenoxy) is 1. The smallest absolute Gasteiger partial charge is 0.293 e. The van der Waals surface area contributed by atoms with Crippen molar-refractivity contribution < 1.29 is 13.9 Å². The molecule has 2 aromatic heterocycles. The van der Waals surface area contributed by atoms with Crippen molar-refractivity contribution in [1.29, 1.82) is 0 Å². The minimum Gasteiger partial charge on any atom is -0.493 e. The van der Waals surface area contributed by atoms with Gasteiger partial charge in [0.25, 0.3) is 5.91 Å². The van der Waals surface area contributed by atoms with Crippen molar-refractivity contribution in [3.63, 3.8) is 0 Å². The SMILES string of the molecule is O=C(c1nc(-c2cccs2)n(-c2ccc(F)cc2)n1)N1CCC(COc2ccccc2)CC1. The molecule has 0 atom stereocenters. The van der Waals surface area contributed by atoms with Gasteiger partial charge in [0.1, 0.15) is 11.6 Å². The predicted molar refractivity (Wildman–Crippen MR) is 125 cm³/mol. The van der Waals surface area contributed by atoms with E-state index in [0.29, 0.717) is 37.1 Å². The third-order valence-electron chi connectivity index (χ3n) is 5.74. The summed E-state index contributed by atoms with van der Waals surface area (Å²) in [6.07, 6.45) is 1.74. The Morgan fingerprint density at radius 1 is 1.03 bits per heavy atom. The molecule has 3 heterocycles. The number of nitrogens with zero attached hydrogens (tertiary/aromatic N) is 4. The van der Waals surface area contributed by atoms with Crippen molar-refractivity contribution in [2.45, 2.75) is 12.8 Å². The quantitative estimate of drug-likeness (QED) is 0.402. The number of para-hydroxylation sites is 1. The highest BCUT2D eigenvalue weighted by atomic mass is 32.1. The molecule has 0 bridgehead atoms. The van der Waals surface area contributed by atoms with Crippen molar-refractivity contribution in [3.05, 3.63) is 83.8 Å². The van der Waals surface area contributed by atoms with Gasteiger partial charge < -0.3 is 9.64 Å². The summed E-state index contributed by atoms with van der Waals surface area (Å²) in [5.41, 5.74) is 0.656. The van der Waals surface area contributed by atoms with Crippen LogP contribution in [0.2, 0.25) is 0 Å². The van der Waals surface area contributed by atoms with Gasteiger partial charge in [-0.1, -0.05) is 24.3 Å². The Balaban J connectivity index is 1.29. The van der Waals surface area contributed by atoms with Gasteiger partial charge in [-0.05, 0) is 66.6 Å². The molecule has 1 aliphatic heterocycles. The Kier molecular flexibility index (Phi) is 6.17. The predicted octanol–water partition coefficient (Wildman–Crippen LogP) is 5.07. The minimum absolute atomic E-state index is 0.154. The molecule has 0 unspecified atom stereocenters. The minimum atomic E-state index is -0.327. The third-order valence-corrected chi connectivity index (χ3v) is 6.61. The first-order chi connectivity index (χ1) is 16.2. The van der Waals surface area contributed by atoms with Gasteiger partial charge in [0.2, 0.25) is 5.82 Å². The van der Waals surface area contributed by atoms with Crippen molar-refractivity contribution in [2.24, 2.45) is 5.92 Å².